The standard InChI is InChI=1S/C19H15Cl2N3O5/c1-28-16-6-5-12(8-17(16)29-11-13-4-2-3-7-24(13)27)19(25)22-18-14(20)9-23(26)10-15(18)21/h2-10,26H,11H2,1H3. The lowest BCUT2D eigenvalue weighted by atomic mass is 10.2. The van der Waals surface area contributed by atoms with Gasteiger partial charge in [0.25, 0.3) is 5.91 Å². The van der Waals surface area contributed by atoms with Crippen molar-refractivity contribution in [3.05, 3.63) is 86.9 Å². The fraction of sp³-hybridized carbons (Fsp3) is 0.105. The Balaban J connectivity index is 1.91. The van der Waals surface area contributed by atoms with Gasteiger partial charge in [-0.15, -0.1) is 0 Å². The molecule has 1 amide bonds. The summed E-state index contributed by atoms with van der Waals surface area (Å²) in [5.74, 6) is 0.0125. The lowest BCUT2D eigenvalue weighted by Crippen LogP contribution is -2.31. The van der Waals surface area contributed by atoms with E-state index < -0.39 is 5.91 Å². The average molecular weight is 436 g/mol. The van der Waals surface area contributed by atoms with E-state index in [4.69, 9.17) is 32.7 Å². The first-order valence-electron chi connectivity index (χ1n) is 8.22. The second-order valence-corrected chi connectivity index (χ2v) is 6.59. The Hall–Kier alpha value is -3.23. The van der Waals surface area contributed by atoms with Gasteiger partial charge in [-0.1, -0.05) is 23.2 Å². The minimum absolute atomic E-state index is 0.00223. The maximum absolute atomic E-state index is 12.6. The summed E-state index contributed by atoms with van der Waals surface area (Å²) >= 11 is 12.0. The van der Waals surface area contributed by atoms with Crippen molar-refractivity contribution in [3.63, 3.8) is 0 Å². The highest BCUT2D eigenvalue weighted by Gasteiger charge is 2.14. The van der Waals surface area contributed by atoms with Crippen molar-refractivity contribution in [2.24, 2.45) is 4.99 Å². The number of pyridine rings is 2. The molecular weight excluding hydrogens is 421 g/mol. The van der Waals surface area contributed by atoms with Crippen LogP contribution in [0.5, 0.6) is 11.5 Å². The number of rotatable bonds is 5. The van der Waals surface area contributed by atoms with Gasteiger partial charge in [-0.3, -0.25) is 4.79 Å². The summed E-state index contributed by atoms with van der Waals surface area (Å²) in [7, 11) is 1.46. The summed E-state index contributed by atoms with van der Waals surface area (Å²) in [5.41, 5.74) is 0.577. The zero-order chi connectivity index (χ0) is 21.0. The second kappa shape index (κ2) is 8.85. The third-order valence-corrected chi connectivity index (χ3v) is 4.40. The van der Waals surface area contributed by atoms with Crippen LogP contribution in [0.1, 0.15) is 16.1 Å². The van der Waals surface area contributed by atoms with Crippen molar-refractivity contribution < 1.29 is 24.2 Å². The van der Waals surface area contributed by atoms with Crippen LogP contribution in [0.15, 0.2) is 60.0 Å². The second-order valence-electron chi connectivity index (χ2n) is 5.77. The number of nitrogens with zero attached hydrogens (tertiary/aromatic N) is 3. The maximum Gasteiger partial charge on any atom is 0.277 e. The van der Waals surface area contributed by atoms with Crippen LogP contribution in [-0.4, -0.2) is 23.0 Å². The molecule has 0 bridgehead atoms. The molecule has 0 radical (unpaired) electrons. The maximum atomic E-state index is 12.6. The fourth-order valence-corrected chi connectivity index (χ4v) is 2.96. The highest BCUT2D eigenvalue weighted by atomic mass is 35.5. The van der Waals surface area contributed by atoms with Gasteiger partial charge in [0, 0.05) is 17.7 Å². The smallest absolute Gasteiger partial charge is 0.277 e. The van der Waals surface area contributed by atoms with E-state index in [1.807, 2.05) is 0 Å². The molecule has 0 aliphatic carbocycles. The summed E-state index contributed by atoms with van der Waals surface area (Å²) in [5, 5.41) is 21.2. The number of hydrogen-bond acceptors (Lipinski definition) is 5. The predicted molar refractivity (Wildman–Crippen MR) is 104 cm³/mol. The van der Waals surface area contributed by atoms with E-state index >= 15 is 0 Å². The topological polar surface area (TPSA) is 100.0 Å². The molecule has 0 spiro atoms. The molecule has 0 unspecified atom stereocenters. The molecule has 10 heteroatoms. The molecule has 0 saturated heterocycles. The minimum atomic E-state index is -0.629. The zero-order valence-corrected chi connectivity index (χ0v) is 16.6. The highest BCUT2D eigenvalue weighted by Crippen LogP contribution is 2.29. The summed E-state index contributed by atoms with van der Waals surface area (Å²) < 4.78 is 12.3. The van der Waals surface area contributed by atoms with Crippen LogP contribution < -0.4 is 19.6 Å². The molecule has 29 heavy (non-hydrogen) atoms. The normalized spacial score (nSPS) is 10.4. The van der Waals surface area contributed by atoms with Crippen molar-refractivity contribution in [1.82, 2.24) is 4.73 Å². The van der Waals surface area contributed by atoms with Gasteiger partial charge in [-0.25, -0.2) is 4.99 Å². The van der Waals surface area contributed by atoms with Crippen molar-refractivity contribution in [3.8, 4) is 11.5 Å². The number of halogens is 2. The van der Waals surface area contributed by atoms with E-state index in [1.165, 1.54) is 25.4 Å². The van der Waals surface area contributed by atoms with Crippen LogP contribution >= 0.6 is 23.2 Å². The highest BCUT2D eigenvalue weighted by molar-refractivity contribution is 6.34. The first kappa shape index (κ1) is 20.5. The Morgan fingerprint density at radius 3 is 2.59 bits per heavy atom. The molecular formula is C19H15Cl2N3O5. The molecule has 0 atom stereocenters. The van der Waals surface area contributed by atoms with Gasteiger partial charge < -0.3 is 19.9 Å². The minimum Gasteiger partial charge on any atom is -0.618 e. The van der Waals surface area contributed by atoms with Crippen LogP contribution in [0.25, 0.3) is 0 Å². The fourth-order valence-electron chi connectivity index (χ4n) is 2.43. The zero-order valence-electron chi connectivity index (χ0n) is 15.1. The van der Waals surface area contributed by atoms with Crippen LogP contribution in [0.3, 0.4) is 0 Å². The number of benzene rings is 1. The Morgan fingerprint density at radius 1 is 1.21 bits per heavy atom. The number of carbonyl (C=O) groups excluding carboxylic acids is 1. The lowest BCUT2D eigenvalue weighted by Gasteiger charge is -2.11. The summed E-state index contributed by atoms with van der Waals surface area (Å²) in [6, 6.07) is 9.44. The van der Waals surface area contributed by atoms with Gasteiger partial charge >= 0.3 is 0 Å². The number of ether oxygens (including phenoxy) is 2. The molecule has 1 N–H and O–H groups in total. The van der Waals surface area contributed by atoms with E-state index in [2.05, 4.69) is 4.99 Å². The molecule has 1 aromatic carbocycles. The Kier molecular flexibility index (Phi) is 6.26. The average Bonchev–Trinajstić information content (AvgIpc) is 2.69. The SMILES string of the molecule is COc1ccc(C(=O)N=c2c(Cl)cn(O)cc2Cl)cc1OCc1cccc[n+]1[O-]. The summed E-state index contributed by atoms with van der Waals surface area (Å²) in [6.07, 6.45) is 3.67. The number of methoxy groups -OCH3 is 1. The Morgan fingerprint density at radius 2 is 1.93 bits per heavy atom. The van der Waals surface area contributed by atoms with Gasteiger partial charge in [0.2, 0.25) is 5.69 Å². The predicted octanol–water partition coefficient (Wildman–Crippen LogP) is 2.99. The van der Waals surface area contributed by atoms with Gasteiger partial charge in [-0.2, -0.15) is 9.46 Å². The number of hydrogen-bond donors (Lipinski definition) is 1. The monoisotopic (exact) mass is 435 g/mol. The van der Waals surface area contributed by atoms with Crippen LogP contribution in [0.4, 0.5) is 0 Å². The molecule has 0 aliphatic heterocycles. The summed E-state index contributed by atoms with van der Waals surface area (Å²) in [6.45, 7) is -0.0255. The van der Waals surface area contributed by atoms with Gasteiger partial charge in [0.05, 0.1) is 29.5 Å². The number of aromatic nitrogens is 2. The number of amides is 1. The molecule has 150 valence electrons. The van der Waals surface area contributed by atoms with Crippen molar-refractivity contribution in [2.45, 2.75) is 6.61 Å². The molecule has 3 aromatic rings. The molecule has 2 heterocycles. The molecule has 0 aliphatic rings. The van der Waals surface area contributed by atoms with E-state index in [0.717, 1.165) is 12.4 Å². The first-order valence-corrected chi connectivity index (χ1v) is 8.98. The Bertz CT molecular complexity index is 1100. The Labute approximate surface area is 175 Å². The van der Waals surface area contributed by atoms with Gasteiger partial charge in [0.1, 0.15) is 5.36 Å². The largest absolute Gasteiger partial charge is 0.618 e. The molecule has 8 nitrogen and oxygen atoms in total. The van der Waals surface area contributed by atoms with Crippen LogP contribution in [-0.2, 0) is 6.61 Å². The first-order chi connectivity index (χ1) is 13.9. The summed E-state index contributed by atoms with van der Waals surface area (Å²) in [4.78, 5) is 16.5. The third kappa shape index (κ3) is 4.79. The lowest BCUT2D eigenvalue weighted by molar-refractivity contribution is -0.616. The van der Waals surface area contributed by atoms with Crippen molar-refractivity contribution in [2.75, 3.05) is 7.11 Å². The molecule has 0 fully saturated rings. The molecule has 2 aromatic heterocycles. The van der Waals surface area contributed by atoms with Crippen LogP contribution in [0.2, 0.25) is 10.0 Å². The van der Waals surface area contributed by atoms with Gasteiger partial charge in [-0.05, 0) is 24.3 Å². The van der Waals surface area contributed by atoms with E-state index in [1.54, 1.807) is 24.3 Å². The van der Waals surface area contributed by atoms with E-state index in [9.17, 15) is 15.2 Å². The molecule has 0 saturated carbocycles. The van der Waals surface area contributed by atoms with E-state index in [-0.39, 0.29) is 33.3 Å². The van der Waals surface area contributed by atoms with Crippen molar-refractivity contribution >= 4 is 29.1 Å². The third-order valence-electron chi connectivity index (χ3n) is 3.85. The van der Waals surface area contributed by atoms with Crippen LogP contribution in [0, 0.1) is 5.21 Å². The number of carbonyl (C=O) groups is 1. The van der Waals surface area contributed by atoms with E-state index in [0.29, 0.717) is 20.9 Å². The van der Waals surface area contributed by atoms with Gasteiger partial charge in [0.15, 0.2) is 24.3 Å². The molecule has 3 rings (SSSR count). The van der Waals surface area contributed by atoms with Crippen molar-refractivity contribution in [1.29, 1.82) is 0 Å². The quantitative estimate of drug-likeness (QED) is 0.377.